The van der Waals surface area contributed by atoms with Crippen LogP contribution in [0.2, 0.25) is 0 Å². The maximum Gasteiger partial charge on any atom is 0.295 e. The van der Waals surface area contributed by atoms with Gasteiger partial charge >= 0.3 is 0 Å². The summed E-state index contributed by atoms with van der Waals surface area (Å²) in [5.41, 5.74) is 3.60. The van der Waals surface area contributed by atoms with Crippen LogP contribution in [-0.4, -0.2) is 32.4 Å². The summed E-state index contributed by atoms with van der Waals surface area (Å²) in [5.74, 6) is -2.55. The molecule has 7 heteroatoms. The van der Waals surface area contributed by atoms with E-state index in [1.807, 2.05) is 30.3 Å². The summed E-state index contributed by atoms with van der Waals surface area (Å²) in [6.45, 7) is 0. The zero-order chi connectivity index (χ0) is 21.1. The molecular weight excluding hydrogens is 392 g/mol. The number of Topliss-reactive ketones (excluding diaryl/α,β-unsaturated/α-hetero) is 2. The van der Waals surface area contributed by atoms with Crippen LogP contribution in [0.4, 0.5) is 5.69 Å². The summed E-state index contributed by atoms with van der Waals surface area (Å²) in [5, 5.41) is 0.832. The molecule has 0 radical (unpaired) electrons. The van der Waals surface area contributed by atoms with Gasteiger partial charge in [0.05, 0.1) is 28.9 Å². The van der Waals surface area contributed by atoms with Gasteiger partial charge < -0.3 is 4.98 Å². The second kappa shape index (κ2) is 6.57. The van der Waals surface area contributed by atoms with E-state index in [0.29, 0.717) is 5.69 Å². The van der Waals surface area contributed by atoms with Crippen molar-refractivity contribution in [2.45, 2.75) is 18.9 Å². The van der Waals surface area contributed by atoms with E-state index < -0.39 is 23.7 Å². The largest absolute Gasteiger partial charge is 0.345 e. The van der Waals surface area contributed by atoms with Crippen LogP contribution in [0.3, 0.4) is 0 Å². The van der Waals surface area contributed by atoms with Gasteiger partial charge in [0, 0.05) is 23.2 Å². The minimum atomic E-state index is -1.01. The van der Waals surface area contributed by atoms with Gasteiger partial charge in [0.1, 0.15) is 11.7 Å². The Labute approximate surface area is 177 Å². The number of benzene rings is 2. The molecule has 6 rings (SSSR count). The Hall–Kier alpha value is -3.87. The number of amides is 1. The first-order chi connectivity index (χ1) is 15.1. The molecule has 2 aromatic carbocycles. The lowest BCUT2D eigenvalue weighted by molar-refractivity contribution is -0.139. The summed E-state index contributed by atoms with van der Waals surface area (Å²) in [7, 11) is 0. The third kappa shape index (κ3) is 2.70. The number of H-pyrrole nitrogens is 1. The smallest absolute Gasteiger partial charge is 0.295 e. The second-order valence-corrected chi connectivity index (χ2v) is 8.16. The number of ketones is 2. The van der Waals surface area contributed by atoms with Gasteiger partial charge in [-0.25, -0.2) is 4.98 Å². The number of aromatic amines is 1. The summed E-state index contributed by atoms with van der Waals surface area (Å²) < 4.78 is 0. The Bertz CT molecular complexity index is 1380. The zero-order valence-corrected chi connectivity index (χ0v) is 16.5. The number of nitrogens with one attached hydrogen (secondary N) is 1. The molecule has 2 fully saturated rings. The lowest BCUT2D eigenvalue weighted by Crippen LogP contribution is -2.31. The molecule has 1 saturated carbocycles. The molecule has 152 valence electrons. The lowest BCUT2D eigenvalue weighted by Gasteiger charge is -2.28. The fourth-order valence-electron chi connectivity index (χ4n) is 4.62. The van der Waals surface area contributed by atoms with Crippen LogP contribution in [0.25, 0.3) is 21.9 Å². The van der Waals surface area contributed by atoms with Crippen LogP contribution in [0, 0.1) is 11.8 Å². The van der Waals surface area contributed by atoms with E-state index >= 15 is 0 Å². The van der Waals surface area contributed by atoms with Crippen molar-refractivity contribution in [1.82, 2.24) is 15.0 Å². The number of hydrogen-bond donors (Lipinski definition) is 1. The number of carbonyl (C=O) groups is 3. The molecule has 7 nitrogen and oxygen atoms in total. The molecule has 1 N–H and O–H groups in total. The van der Waals surface area contributed by atoms with Gasteiger partial charge in [-0.2, -0.15) is 0 Å². The molecule has 4 aromatic rings. The van der Waals surface area contributed by atoms with Crippen LogP contribution in [0.1, 0.15) is 24.4 Å². The normalized spacial score (nSPS) is 21.4. The van der Waals surface area contributed by atoms with Crippen molar-refractivity contribution >= 4 is 45.1 Å². The van der Waals surface area contributed by atoms with Gasteiger partial charge in [0.2, 0.25) is 5.78 Å². The SMILES string of the molecule is O=C1C(=O)N(c2ccc3nc[nH]c3c2)C(c2ccnc3ccccc23)C1C(=O)C1CC1. The van der Waals surface area contributed by atoms with Crippen molar-refractivity contribution in [3.8, 4) is 0 Å². The average Bonchev–Trinajstić information content (AvgIpc) is 3.49. The number of anilines is 1. The number of fused-ring (bicyclic) bond motifs is 2. The van der Waals surface area contributed by atoms with E-state index in [-0.39, 0.29) is 11.7 Å². The Balaban J connectivity index is 1.58. The number of rotatable bonds is 4. The highest BCUT2D eigenvalue weighted by Gasteiger charge is 2.55. The lowest BCUT2D eigenvalue weighted by atomic mass is 9.86. The number of imidazole rings is 1. The third-order valence-corrected chi connectivity index (χ3v) is 6.28. The highest BCUT2D eigenvalue weighted by Crippen LogP contribution is 2.46. The standard InChI is InChI=1S/C24H18N4O3/c29-22(13-5-6-13)20-21(16-9-10-25-17-4-2-1-3-15(16)17)28(24(31)23(20)30)14-7-8-18-19(11-14)27-12-26-18/h1-4,7-13,20-21H,5-6H2,(H,26,27). The Kier molecular flexibility index (Phi) is 3.80. The van der Waals surface area contributed by atoms with Gasteiger partial charge in [-0.15, -0.1) is 0 Å². The van der Waals surface area contributed by atoms with Crippen LogP contribution in [0.5, 0.6) is 0 Å². The van der Waals surface area contributed by atoms with Gasteiger partial charge in [0.15, 0.2) is 0 Å². The molecule has 1 amide bonds. The quantitative estimate of drug-likeness (QED) is 0.411. The Morgan fingerprint density at radius 3 is 2.68 bits per heavy atom. The molecule has 0 spiro atoms. The van der Waals surface area contributed by atoms with E-state index in [1.165, 1.54) is 4.90 Å². The highest BCUT2D eigenvalue weighted by atomic mass is 16.2. The summed E-state index contributed by atoms with van der Waals surface area (Å²) in [6.07, 6.45) is 4.81. The van der Waals surface area contributed by atoms with Crippen molar-refractivity contribution in [2.24, 2.45) is 11.8 Å². The van der Waals surface area contributed by atoms with Gasteiger partial charge in [-0.3, -0.25) is 24.3 Å². The number of hydrogen-bond acceptors (Lipinski definition) is 5. The fourth-order valence-corrected chi connectivity index (χ4v) is 4.62. The predicted octanol–water partition coefficient (Wildman–Crippen LogP) is 3.36. The van der Waals surface area contributed by atoms with E-state index in [2.05, 4.69) is 15.0 Å². The van der Waals surface area contributed by atoms with Crippen molar-refractivity contribution in [3.05, 3.63) is 66.6 Å². The molecule has 1 aliphatic heterocycles. The van der Waals surface area contributed by atoms with Crippen molar-refractivity contribution in [3.63, 3.8) is 0 Å². The maximum atomic E-state index is 13.2. The number of carbonyl (C=O) groups excluding carboxylic acids is 3. The minimum Gasteiger partial charge on any atom is -0.345 e. The number of nitrogens with zero attached hydrogens (tertiary/aromatic N) is 3. The van der Waals surface area contributed by atoms with Crippen LogP contribution < -0.4 is 4.90 Å². The average molecular weight is 410 g/mol. The molecule has 1 saturated heterocycles. The van der Waals surface area contributed by atoms with Gasteiger partial charge in [-0.1, -0.05) is 18.2 Å². The minimum absolute atomic E-state index is 0.130. The summed E-state index contributed by atoms with van der Waals surface area (Å²) in [4.78, 5) is 52.8. The van der Waals surface area contributed by atoms with E-state index in [9.17, 15) is 14.4 Å². The molecule has 31 heavy (non-hydrogen) atoms. The molecule has 2 atom stereocenters. The summed E-state index contributed by atoms with van der Waals surface area (Å²) >= 11 is 0. The van der Waals surface area contributed by atoms with Crippen LogP contribution in [-0.2, 0) is 14.4 Å². The van der Waals surface area contributed by atoms with Crippen molar-refractivity contribution in [1.29, 1.82) is 0 Å². The zero-order valence-electron chi connectivity index (χ0n) is 16.5. The van der Waals surface area contributed by atoms with Crippen molar-refractivity contribution < 1.29 is 14.4 Å². The molecular formula is C24H18N4O3. The first-order valence-electron chi connectivity index (χ1n) is 10.3. The first kappa shape index (κ1) is 17.9. The molecule has 2 unspecified atom stereocenters. The fraction of sp³-hybridized carbons (Fsp3) is 0.208. The van der Waals surface area contributed by atoms with Gasteiger partial charge in [-0.05, 0) is 48.7 Å². The molecule has 3 heterocycles. The Morgan fingerprint density at radius 2 is 1.84 bits per heavy atom. The van der Waals surface area contributed by atoms with E-state index in [0.717, 1.165) is 40.3 Å². The molecule has 2 aliphatic rings. The maximum absolute atomic E-state index is 13.2. The van der Waals surface area contributed by atoms with Crippen LogP contribution >= 0.6 is 0 Å². The monoisotopic (exact) mass is 410 g/mol. The van der Waals surface area contributed by atoms with E-state index in [4.69, 9.17) is 0 Å². The number of para-hydroxylation sites is 1. The number of pyridine rings is 1. The molecule has 2 aromatic heterocycles. The molecule has 1 aliphatic carbocycles. The third-order valence-electron chi connectivity index (χ3n) is 6.28. The highest BCUT2D eigenvalue weighted by molar-refractivity contribution is 6.48. The summed E-state index contributed by atoms with van der Waals surface area (Å²) in [6, 6.07) is 14.1. The Morgan fingerprint density at radius 1 is 1.00 bits per heavy atom. The van der Waals surface area contributed by atoms with Crippen LogP contribution in [0.15, 0.2) is 61.1 Å². The first-order valence-corrected chi connectivity index (χ1v) is 10.3. The molecule has 0 bridgehead atoms. The number of aromatic nitrogens is 3. The second-order valence-electron chi connectivity index (χ2n) is 8.16. The topological polar surface area (TPSA) is 96.0 Å². The predicted molar refractivity (Wildman–Crippen MR) is 114 cm³/mol. The van der Waals surface area contributed by atoms with Gasteiger partial charge in [0.25, 0.3) is 5.91 Å². The van der Waals surface area contributed by atoms with Crippen molar-refractivity contribution in [2.75, 3.05) is 4.90 Å². The van der Waals surface area contributed by atoms with E-state index in [1.54, 1.807) is 30.7 Å².